The van der Waals surface area contributed by atoms with Gasteiger partial charge in [0.05, 0.1) is 18.1 Å². The summed E-state index contributed by atoms with van der Waals surface area (Å²) >= 11 is 0. The third-order valence-electron chi connectivity index (χ3n) is 4.00. The number of carbonyl (C=O) groups is 1. The molecule has 0 aliphatic rings. The summed E-state index contributed by atoms with van der Waals surface area (Å²) in [6.07, 6.45) is 3.33. The average Bonchev–Trinajstić information content (AvgIpc) is 3.18. The molecule has 0 bridgehead atoms. The second kappa shape index (κ2) is 5.87. The van der Waals surface area contributed by atoms with Crippen LogP contribution in [0.15, 0.2) is 24.5 Å². The normalized spacial score (nSPS) is 11.6. The van der Waals surface area contributed by atoms with E-state index in [0.717, 1.165) is 22.4 Å². The molecule has 0 atom stereocenters. The summed E-state index contributed by atoms with van der Waals surface area (Å²) in [7, 11) is 0. The first-order chi connectivity index (χ1) is 12.4. The molecule has 4 rings (SSSR count). The maximum atomic E-state index is 12.5. The van der Waals surface area contributed by atoms with Crippen molar-refractivity contribution in [2.45, 2.75) is 33.7 Å². The van der Waals surface area contributed by atoms with Crippen molar-refractivity contribution in [3.63, 3.8) is 0 Å². The second-order valence-electron chi connectivity index (χ2n) is 6.46. The van der Waals surface area contributed by atoms with E-state index in [1.165, 1.54) is 0 Å². The van der Waals surface area contributed by atoms with Gasteiger partial charge in [0.1, 0.15) is 0 Å². The Morgan fingerprint density at radius 2 is 1.96 bits per heavy atom. The van der Waals surface area contributed by atoms with Crippen LogP contribution in [0.2, 0.25) is 0 Å². The van der Waals surface area contributed by atoms with Crippen LogP contribution in [0.25, 0.3) is 16.8 Å². The Morgan fingerprint density at radius 1 is 1.15 bits per heavy atom. The zero-order valence-corrected chi connectivity index (χ0v) is 14.9. The summed E-state index contributed by atoms with van der Waals surface area (Å²) in [5.74, 6) is 0.0496. The van der Waals surface area contributed by atoms with Crippen LogP contribution in [0.1, 0.15) is 41.9 Å². The van der Waals surface area contributed by atoms with Crippen LogP contribution in [0.4, 0.5) is 5.69 Å². The second-order valence-corrected chi connectivity index (χ2v) is 6.46. The molecule has 0 saturated heterocycles. The molecule has 0 aromatic carbocycles. The minimum atomic E-state index is -0.412. The smallest absolute Gasteiger partial charge is 0.295 e. The minimum absolute atomic E-state index is 0.0594. The van der Waals surface area contributed by atoms with Gasteiger partial charge in [-0.3, -0.25) is 4.79 Å². The van der Waals surface area contributed by atoms with Gasteiger partial charge in [-0.1, -0.05) is 0 Å². The van der Waals surface area contributed by atoms with Crippen LogP contribution >= 0.6 is 0 Å². The summed E-state index contributed by atoms with van der Waals surface area (Å²) in [5, 5.41) is 12.2. The minimum Gasteiger partial charge on any atom is -0.318 e. The molecule has 0 radical (unpaired) electrons. The number of amides is 1. The molecule has 0 unspecified atom stereocenters. The summed E-state index contributed by atoms with van der Waals surface area (Å²) in [6.45, 7) is 7.84. The van der Waals surface area contributed by atoms with Crippen LogP contribution in [-0.2, 0) is 0 Å². The standard InChI is InChI=1S/C17H18N8O/c1-9(2)24-15-12(7-19-24)6-13(8-18-15)21-16(26)14-22-17-20-10(3)5-11(4)25(17)23-14/h5-9H,1-4H3,(H,21,26). The van der Waals surface area contributed by atoms with E-state index in [1.807, 2.05) is 44.5 Å². The Morgan fingerprint density at radius 3 is 2.73 bits per heavy atom. The lowest BCUT2D eigenvalue weighted by Gasteiger charge is -2.06. The van der Waals surface area contributed by atoms with Gasteiger partial charge >= 0.3 is 0 Å². The van der Waals surface area contributed by atoms with Crippen molar-refractivity contribution in [1.29, 1.82) is 0 Å². The van der Waals surface area contributed by atoms with Crippen molar-refractivity contribution < 1.29 is 4.79 Å². The summed E-state index contributed by atoms with van der Waals surface area (Å²) in [4.78, 5) is 25.4. The Bertz CT molecular complexity index is 1140. The number of carbonyl (C=O) groups excluding carboxylic acids is 1. The molecule has 0 saturated carbocycles. The first kappa shape index (κ1) is 16.1. The number of hydrogen-bond donors (Lipinski definition) is 1. The predicted molar refractivity (Wildman–Crippen MR) is 96.1 cm³/mol. The van der Waals surface area contributed by atoms with Gasteiger partial charge in [-0.2, -0.15) is 10.1 Å². The number of hydrogen-bond acceptors (Lipinski definition) is 6. The number of anilines is 1. The molecule has 4 heterocycles. The molecule has 4 aromatic heterocycles. The fraction of sp³-hybridized carbons (Fsp3) is 0.294. The van der Waals surface area contributed by atoms with Crippen LogP contribution in [-0.4, -0.2) is 40.3 Å². The molecule has 0 spiro atoms. The van der Waals surface area contributed by atoms with E-state index in [-0.39, 0.29) is 11.9 Å². The first-order valence-corrected chi connectivity index (χ1v) is 8.28. The zero-order chi connectivity index (χ0) is 18.4. The van der Waals surface area contributed by atoms with E-state index >= 15 is 0 Å². The maximum Gasteiger partial charge on any atom is 0.295 e. The van der Waals surface area contributed by atoms with Gasteiger partial charge < -0.3 is 5.32 Å². The number of pyridine rings is 1. The molecule has 9 heteroatoms. The monoisotopic (exact) mass is 350 g/mol. The maximum absolute atomic E-state index is 12.5. The van der Waals surface area contributed by atoms with E-state index in [0.29, 0.717) is 11.5 Å². The van der Waals surface area contributed by atoms with E-state index in [4.69, 9.17) is 0 Å². The van der Waals surface area contributed by atoms with Crippen molar-refractivity contribution >= 4 is 28.4 Å². The molecule has 132 valence electrons. The quantitative estimate of drug-likeness (QED) is 0.608. The molecule has 0 aliphatic heterocycles. The van der Waals surface area contributed by atoms with Crippen molar-refractivity contribution in [2.75, 3.05) is 5.32 Å². The van der Waals surface area contributed by atoms with Gasteiger partial charge in [-0.15, -0.1) is 5.10 Å². The van der Waals surface area contributed by atoms with E-state index < -0.39 is 5.91 Å². The van der Waals surface area contributed by atoms with Gasteiger partial charge in [-0.25, -0.2) is 19.2 Å². The zero-order valence-electron chi connectivity index (χ0n) is 14.9. The van der Waals surface area contributed by atoms with Crippen LogP contribution in [0, 0.1) is 13.8 Å². The molecule has 0 fully saturated rings. The van der Waals surface area contributed by atoms with Gasteiger partial charge in [-0.05, 0) is 39.8 Å². The molecular weight excluding hydrogens is 332 g/mol. The van der Waals surface area contributed by atoms with Crippen LogP contribution in [0.3, 0.4) is 0 Å². The van der Waals surface area contributed by atoms with Crippen molar-refractivity contribution in [3.05, 3.63) is 41.7 Å². The van der Waals surface area contributed by atoms with Gasteiger partial charge in [0.15, 0.2) is 5.65 Å². The molecular formula is C17H18N8O. The Labute approximate surface area is 149 Å². The predicted octanol–water partition coefficient (Wildman–Crippen LogP) is 2.32. The number of fused-ring (bicyclic) bond motifs is 2. The fourth-order valence-corrected chi connectivity index (χ4v) is 2.84. The number of rotatable bonds is 3. The summed E-state index contributed by atoms with van der Waals surface area (Å²) in [5.41, 5.74) is 3.03. The van der Waals surface area contributed by atoms with Gasteiger partial charge in [0, 0.05) is 22.8 Å². The lowest BCUT2D eigenvalue weighted by atomic mass is 10.3. The molecule has 4 aromatic rings. The largest absolute Gasteiger partial charge is 0.318 e. The van der Waals surface area contributed by atoms with Crippen molar-refractivity contribution in [2.24, 2.45) is 0 Å². The average molecular weight is 350 g/mol. The van der Waals surface area contributed by atoms with Gasteiger partial charge in [0.2, 0.25) is 5.82 Å². The third-order valence-corrected chi connectivity index (χ3v) is 4.00. The number of aromatic nitrogens is 7. The first-order valence-electron chi connectivity index (χ1n) is 8.28. The van der Waals surface area contributed by atoms with Crippen molar-refractivity contribution in [1.82, 2.24) is 34.3 Å². The third kappa shape index (κ3) is 2.67. The van der Waals surface area contributed by atoms with Crippen LogP contribution < -0.4 is 5.32 Å². The summed E-state index contributed by atoms with van der Waals surface area (Å²) < 4.78 is 3.39. The highest BCUT2D eigenvalue weighted by Gasteiger charge is 2.16. The Hall–Kier alpha value is -3.36. The topological polar surface area (TPSA) is 103 Å². The van der Waals surface area contributed by atoms with E-state index in [9.17, 15) is 4.79 Å². The highest BCUT2D eigenvalue weighted by molar-refractivity contribution is 6.02. The highest BCUT2D eigenvalue weighted by Crippen LogP contribution is 2.19. The van der Waals surface area contributed by atoms with Gasteiger partial charge in [0.25, 0.3) is 11.7 Å². The highest BCUT2D eigenvalue weighted by atomic mass is 16.2. The lowest BCUT2D eigenvalue weighted by Crippen LogP contribution is -2.14. The lowest BCUT2D eigenvalue weighted by molar-refractivity contribution is 0.101. The molecule has 0 aliphatic carbocycles. The SMILES string of the molecule is Cc1cc(C)n2nc(C(=O)Nc3cnc4c(cnn4C(C)C)c3)nc2n1. The molecule has 9 nitrogen and oxygen atoms in total. The Kier molecular flexibility index (Phi) is 3.64. The van der Waals surface area contributed by atoms with Crippen LogP contribution in [0.5, 0.6) is 0 Å². The number of nitrogens with one attached hydrogen (secondary N) is 1. The molecule has 1 amide bonds. The molecule has 26 heavy (non-hydrogen) atoms. The van der Waals surface area contributed by atoms with E-state index in [1.54, 1.807) is 16.9 Å². The number of aryl methyl sites for hydroxylation is 2. The number of nitrogens with zero attached hydrogens (tertiary/aromatic N) is 7. The fourth-order valence-electron chi connectivity index (χ4n) is 2.84. The summed E-state index contributed by atoms with van der Waals surface area (Å²) in [6, 6.07) is 3.92. The Balaban J connectivity index is 1.64. The van der Waals surface area contributed by atoms with E-state index in [2.05, 4.69) is 30.5 Å². The molecule has 1 N–H and O–H groups in total. The van der Waals surface area contributed by atoms with Crippen molar-refractivity contribution in [3.8, 4) is 0 Å².